The molecular weight excluding hydrogens is 293 g/mol. The fourth-order valence-electron chi connectivity index (χ4n) is 2.05. The average molecular weight is 303 g/mol. The highest BCUT2D eigenvalue weighted by molar-refractivity contribution is 6.56. The summed E-state index contributed by atoms with van der Waals surface area (Å²) in [6.07, 6.45) is 0.248. The summed E-state index contributed by atoms with van der Waals surface area (Å²) in [5, 5.41) is 0. The minimum atomic E-state index is -2.91. The molecule has 0 nitrogen and oxygen atoms in total. The Bertz CT molecular complexity index is 647. The van der Waals surface area contributed by atoms with Crippen LogP contribution in [0.15, 0.2) is 35.7 Å². The van der Waals surface area contributed by atoms with E-state index in [1.807, 2.05) is 0 Å². The van der Waals surface area contributed by atoms with Crippen LogP contribution in [0.3, 0.4) is 0 Å². The van der Waals surface area contributed by atoms with Crippen LogP contribution < -0.4 is 5.46 Å². The molecule has 0 aromatic heterocycles. The molecule has 0 bridgehead atoms. The molecule has 0 saturated heterocycles. The SMILES string of the molecule is Cc1ccc(F)c([B]C2C(F)=CC(C)(F)C(F)=C2F)c1F. The predicted molar refractivity (Wildman–Crippen MR) is 68.2 cm³/mol. The molecule has 111 valence electrons. The van der Waals surface area contributed by atoms with Crippen molar-refractivity contribution in [3.05, 3.63) is 52.9 Å². The number of aryl methyl sites for hydroxylation is 1. The number of hydrogen-bond donors (Lipinski definition) is 0. The van der Waals surface area contributed by atoms with Gasteiger partial charge in [0, 0.05) is 5.82 Å². The van der Waals surface area contributed by atoms with Crippen LogP contribution in [0.1, 0.15) is 12.5 Å². The van der Waals surface area contributed by atoms with Gasteiger partial charge in [0.25, 0.3) is 0 Å². The molecule has 1 aliphatic rings. The van der Waals surface area contributed by atoms with Crippen molar-refractivity contribution in [1.82, 2.24) is 0 Å². The molecule has 1 aromatic carbocycles. The Labute approximate surface area is 118 Å². The zero-order valence-electron chi connectivity index (χ0n) is 11.2. The number of benzene rings is 1. The van der Waals surface area contributed by atoms with Crippen molar-refractivity contribution in [3.8, 4) is 0 Å². The molecule has 0 spiro atoms. The molecule has 1 radical (unpaired) electrons. The number of rotatable bonds is 2. The predicted octanol–water partition coefficient (Wildman–Crippen LogP) is 4.14. The molecule has 0 N–H and O–H groups in total. The highest BCUT2D eigenvalue weighted by Crippen LogP contribution is 2.43. The summed E-state index contributed by atoms with van der Waals surface area (Å²) in [4.78, 5) is 0. The molecule has 7 heteroatoms. The Balaban J connectivity index is 2.44. The molecule has 0 saturated carbocycles. The molecule has 2 rings (SSSR count). The quantitative estimate of drug-likeness (QED) is 0.569. The first-order chi connectivity index (χ1) is 9.65. The van der Waals surface area contributed by atoms with Gasteiger partial charge in [-0.15, -0.1) is 0 Å². The second-order valence-corrected chi connectivity index (χ2v) is 5.00. The molecule has 0 heterocycles. The van der Waals surface area contributed by atoms with Gasteiger partial charge in [0.05, 0.1) is 0 Å². The minimum absolute atomic E-state index is 0.0584. The van der Waals surface area contributed by atoms with E-state index in [9.17, 15) is 26.3 Å². The van der Waals surface area contributed by atoms with Crippen molar-refractivity contribution in [3.63, 3.8) is 0 Å². The zero-order chi connectivity index (χ0) is 15.9. The Kier molecular flexibility index (Phi) is 3.95. The lowest BCUT2D eigenvalue weighted by molar-refractivity contribution is 0.233. The summed E-state index contributed by atoms with van der Waals surface area (Å²) in [5.74, 6) is -8.94. The number of allylic oxidation sites excluding steroid dienone is 4. The Morgan fingerprint density at radius 3 is 2.33 bits per heavy atom. The van der Waals surface area contributed by atoms with Crippen LogP contribution in [0.25, 0.3) is 0 Å². The van der Waals surface area contributed by atoms with Gasteiger partial charge >= 0.3 is 0 Å². The maximum atomic E-state index is 13.8. The lowest BCUT2D eigenvalue weighted by atomic mass is 9.56. The second-order valence-electron chi connectivity index (χ2n) is 5.00. The second kappa shape index (κ2) is 5.28. The first-order valence-electron chi connectivity index (χ1n) is 6.07. The zero-order valence-corrected chi connectivity index (χ0v) is 11.2. The first-order valence-corrected chi connectivity index (χ1v) is 6.07. The lowest BCUT2D eigenvalue weighted by Crippen LogP contribution is -2.32. The summed E-state index contributed by atoms with van der Waals surface area (Å²) in [5.41, 5.74) is -3.54. The summed E-state index contributed by atoms with van der Waals surface area (Å²) in [7, 11) is 0.563. The largest absolute Gasteiger partial charge is 0.232 e. The Hall–Kier alpha value is -1.66. The van der Waals surface area contributed by atoms with Gasteiger partial charge in [0.2, 0.25) is 0 Å². The summed E-state index contributed by atoms with van der Waals surface area (Å²) in [6.45, 7) is 1.98. The van der Waals surface area contributed by atoms with E-state index in [1.54, 1.807) is 0 Å². The number of alkyl halides is 1. The lowest BCUT2D eigenvalue weighted by Gasteiger charge is -2.25. The van der Waals surface area contributed by atoms with Crippen molar-refractivity contribution < 1.29 is 26.3 Å². The van der Waals surface area contributed by atoms with Gasteiger partial charge in [-0.05, 0) is 37.0 Å². The van der Waals surface area contributed by atoms with Crippen molar-refractivity contribution >= 4 is 12.7 Å². The van der Waals surface area contributed by atoms with Crippen molar-refractivity contribution in [2.75, 3.05) is 0 Å². The molecule has 0 fully saturated rings. The smallest absolute Gasteiger partial charge is 0.182 e. The molecule has 0 aliphatic heterocycles. The topological polar surface area (TPSA) is 0 Å². The Morgan fingerprint density at radius 2 is 1.71 bits per heavy atom. The van der Waals surface area contributed by atoms with Crippen LogP contribution >= 0.6 is 0 Å². The number of hydrogen-bond acceptors (Lipinski definition) is 0. The van der Waals surface area contributed by atoms with E-state index in [1.165, 1.54) is 6.92 Å². The van der Waals surface area contributed by atoms with E-state index in [-0.39, 0.29) is 11.6 Å². The van der Waals surface area contributed by atoms with Gasteiger partial charge in [0.1, 0.15) is 23.3 Å². The number of halogens is 6. The molecule has 2 unspecified atom stereocenters. The van der Waals surface area contributed by atoms with E-state index in [4.69, 9.17) is 0 Å². The van der Waals surface area contributed by atoms with Gasteiger partial charge in [-0.25, -0.2) is 26.3 Å². The maximum absolute atomic E-state index is 13.8. The molecule has 1 aliphatic carbocycles. The molecule has 0 amide bonds. The van der Waals surface area contributed by atoms with E-state index in [0.29, 0.717) is 14.2 Å². The highest BCUT2D eigenvalue weighted by Gasteiger charge is 2.41. The molecule has 21 heavy (non-hydrogen) atoms. The maximum Gasteiger partial charge on any atom is 0.182 e. The van der Waals surface area contributed by atoms with Crippen molar-refractivity contribution in [2.24, 2.45) is 0 Å². The van der Waals surface area contributed by atoms with Gasteiger partial charge < -0.3 is 0 Å². The summed E-state index contributed by atoms with van der Waals surface area (Å²) in [6, 6.07) is 2.08. The first kappa shape index (κ1) is 15.7. The molecule has 1 aromatic rings. The van der Waals surface area contributed by atoms with Gasteiger partial charge in [-0.3, -0.25) is 0 Å². The third-order valence-corrected chi connectivity index (χ3v) is 3.27. The summed E-state index contributed by atoms with van der Waals surface area (Å²) >= 11 is 0. The van der Waals surface area contributed by atoms with Crippen molar-refractivity contribution in [1.29, 1.82) is 0 Å². The monoisotopic (exact) mass is 303 g/mol. The van der Waals surface area contributed by atoms with E-state index >= 15 is 0 Å². The third-order valence-electron chi connectivity index (χ3n) is 3.27. The minimum Gasteiger partial charge on any atom is -0.232 e. The van der Waals surface area contributed by atoms with Crippen molar-refractivity contribution in [2.45, 2.75) is 25.3 Å². The molecular formula is C14H10BF6. The van der Waals surface area contributed by atoms with Crippen LogP contribution in [-0.4, -0.2) is 12.9 Å². The fourth-order valence-corrected chi connectivity index (χ4v) is 2.05. The highest BCUT2D eigenvalue weighted by atomic mass is 19.2. The third kappa shape index (κ3) is 2.73. The average Bonchev–Trinajstić information content (AvgIpc) is 2.39. The van der Waals surface area contributed by atoms with Crippen LogP contribution in [0.5, 0.6) is 0 Å². The fraction of sp³-hybridized carbons (Fsp3) is 0.286. The van der Waals surface area contributed by atoms with Crippen LogP contribution in [0.2, 0.25) is 5.82 Å². The van der Waals surface area contributed by atoms with E-state index in [0.717, 1.165) is 12.1 Å². The van der Waals surface area contributed by atoms with Crippen LogP contribution in [0, 0.1) is 18.6 Å². The van der Waals surface area contributed by atoms with Gasteiger partial charge in [0.15, 0.2) is 18.8 Å². The molecule has 2 atom stereocenters. The van der Waals surface area contributed by atoms with E-state index < -0.39 is 46.1 Å². The van der Waals surface area contributed by atoms with Gasteiger partial charge in [-0.2, -0.15) is 0 Å². The van der Waals surface area contributed by atoms with Crippen LogP contribution in [0.4, 0.5) is 26.3 Å². The summed E-state index contributed by atoms with van der Waals surface area (Å²) < 4.78 is 81.9. The Morgan fingerprint density at radius 1 is 1.10 bits per heavy atom. The van der Waals surface area contributed by atoms with E-state index in [2.05, 4.69) is 0 Å². The van der Waals surface area contributed by atoms with Crippen LogP contribution in [-0.2, 0) is 0 Å². The standard InChI is InChI=1S/C14H10BF6/c1-6-3-4-7(16)9(11(6)18)15-10-8(17)5-14(2,21)13(20)12(10)19/h3-5,10H,1-2H3. The van der Waals surface area contributed by atoms with Gasteiger partial charge in [-0.1, -0.05) is 6.07 Å². The normalized spacial score (nSPS) is 25.9.